The van der Waals surface area contributed by atoms with Gasteiger partial charge in [0, 0.05) is 30.5 Å². The fraction of sp³-hybridized carbons (Fsp3) is 0.346. The number of likely N-dealkylation sites (tertiary alicyclic amines) is 1. The van der Waals surface area contributed by atoms with Crippen LogP contribution in [0.15, 0.2) is 48.7 Å². The number of amides is 1. The average Bonchev–Trinajstić information content (AvgIpc) is 3.24. The second kappa shape index (κ2) is 6.76. The van der Waals surface area contributed by atoms with Gasteiger partial charge in [0.15, 0.2) is 0 Å². The molecule has 0 unspecified atom stereocenters. The van der Waals surface area contributed by atoms with Crippen molar-refractivity contribution in [1.29, 1.82) is 0 Å². The molecule has 2 aliphatic heterocycles. The summed E-state index contributed by atoms with van der Waals surface area (Å²) in [6.45, 7) is 10.0. The summed E-state index contributed by atoms with van der Waals surface area (Å²) in [5.74, 6) is 0.144. The minimum atomic E-state index is -0.127. The summed E-state index contributed by atoms with van der Waals surface area (Å²) in [5, 5.41) is 3.88. The van der Waals surface area contributed by atoms with Crippen molar-refractivity contribution in [3.8, 4) is 5.69 Å². The van der Waals surface area contributed by atoms with Crippen LogP contribution in [0.5, 0.6) is 0 Å². The lowest BCUT2D eigenvalue weighted by Crippen LogP contribution is -2.51. The van der Waals surface area contributed by atoms with Gasteiger partial charge < -0.3 is 14.8 Å². The van der Waals surface area contributed by atoms with E-state index in [1.54, 1.807) is 0 Å². The van der Waals surface area contributed by atoms with E-state index in [1.807, 2.05) is 23.1 Å². The van der Waals surface area contributed by atoms with Crippen LogP contribution < -0.4 is 5.32 Å². The van der Waals surface area contributed by atoms with Crippen molar-refractivity contribution in [3.63, 3.8) is 0 Å². The van der Waals surface area contributed by atoms with E-state index in [4.69, 9.17) is 0 Å². The van der Waals surface area contributed by atoms with Crippen molar-refractivity contribution in [2.45, 2.75) is 46.1 Å². The second-order valence-electron chi connectivity index (χ2n) is 8.97. The van der Waals surface area contributed by atoms with Gasteiger partial charge in [-0.2, -0.15) is 0 Å². The molecule has 30 heavy (non-hydrogen) atoms. The zero-order valence-corrected chi connectivity index (χ0v) is 18.2. The van der Waals surface area contributed by atoms with E-state index in [1.165, 1.54) is 39.3 Å². The molecule has 1 fully saturated rings. The highest BCUT2D eigenvalue weighted by atomic mass is 16.2. The molecule has 0 radical (unpaired) electrons. The average molecular weight is 400 g/mol. The smallest absolute Gasteiger partial charge is 0.253 e. The van der Waals surface area contributed by atoms with E-state index in [0.29, 0.717) is 0 Å². The summed E-state index contributed by atoms with van der Waals surface area (Å²) in [7, 11) is 0. The highest BCUT2D eigenvalue weighted by molar-refractivity contribution is 5.94. The van der Waals surface area contributed by atoms with Crippen molar-refractivity contribution in [2.75, 3.05) is 18.4 Å². The highest BCUT2D eigenvalue weighted by Crippen LogP contribution is 2.44. The number of nitrogens with one attached hydrogen (secondary N) is 1. The number of benzene rings is 2. The van der Waals surface area contributed by atoms with Gasteiger partial charge in [0.2, 0.25) is 0 Å². The Labute approximate surface area is 178 Å². The first-order valence-electron chi connectivity index (χ1n) is 10.8. The van der Waals surface area contributed by atoms with Crippen LogP contribution in [0.1, 0.15) is 51.1 Å². The fourth-order valence-corrected chi connectivity index (χ4v) is 5.03. The SMILES string of the molecule is Cc1ccc(C(=O)N2CCC3(CC2)Nc2ccc(C)c(C)c2-n2cccc23)cc1C. The Morgan fingerprint density at radius 1 is 0.933 bits per heavy atom. The molecule has 0 atom stereocenters. The maximum Gasteiger partial charge on any atom is 0.253 e. The number of anilines is 1. The summed E-state index contributed by atoms with van der Waals surface area (Å²) in [4.78, 5) is 15.1. The molecule has 3 heterocycles. The fourth-order valence-electron chi connectivity index (χ4n) is 5.03. The van der Waals surface area contributed by atoms with Crippen LogP contribution in [0.25, 0.3) is 5.69 Å². The molecule has 5 rings (SSSR count). The molecule has 1 spiro atoms. The number of aryl methyl sites for hydroxylation is 3. The summed E-state index contributed by atoms with van der Waals surface area (Å²) in [5.41, 5.74) is 9.44. The maximum atomic E-state index is 13.1. The van der Waals surface area contributed by atoms with Crippen LogP contribution in [-0.2, 0) is 5.54 Å². The first kappa shape index (κ1) is 19.0. The highest BCUT2D eigenvalue weighted by Gasteiger charge is 2.42. The standard InChI is InChI=1S/C26H29N3O/c1-17-7-9-21(16-19(17)3)25(30)28-14-11-26(12-15-28)23-6-5-13-29(23)24-20(4)18(2)8-10-22(24)27-26/h5-10,13,16,27H,11-12,14-15H2,1-4H3. The van der Waals surface area contributed by atoms with E-state index >= 15 is 0 Å². The molecule has 1 aromatic heterocycles. The topological polar surface area (TPSA) is 37.3 Å². The first-order chi connectivity index (χ1) is 14.4. The van der Waals surface area contributed by atoms with Gasteiger partial charge in [0.1, 0.15) is 0 Å². The van der Waals surface area contributed by atoms with Gasteiger partial charge in [0.25, 0.3) is 5.91 Å². The zero-order valence-electron chi connectivity index (χ0n) is 18.2. The number of fused-ring (bicyclic) bond motifs is 4. The molecule has 4 heteroatoms. The molecular formula is C26H29N3O. The number of aromatic nitrogens is 1. The Bertz CT molecular complexity index is 1150. The molecule has 154 valence electrons. The molecule has 1 amide bonds. The number of hydrogen-bond donors (Lipinski definition) is 1. The lowest BCUT2D eigenvalue weighted by molar-refractivity contribution is 0.0676. The molecular weight excluding hydrogens is 370 g/mol. The van der Waals surface area contributed by atoms with Gasteiger partial charge in [-0.25, -0.2) is 0 Å². The van der Waals surface area contributed by atoms with Crippen molar-refractivity contribution < 1.29 is 4.79 Å². The molecule has 0 bridgehead atoms. The van der Waals surface area contributed by atoms with Crippen LogP contribution in [0.3, 0.4) is 0 Å². The van der Waals surface area contributed by atoms with E-state index in [9.17, 15) is 4.79 Å². The maximum absolute atomic E-state index is 13.1. The third kappa shape index (κ3) is 2.78. The van der Waals surface area contributed by atoms with Gasteiger partial charge in [-0.15, -0.1) is 0 Å². The predicted molar refractivity (Wildman–Crippen MR) is 122 cm³/mol. The minimum absolute atomic E-state index is 0.127. The Hall–Kier alpha value is -3.01. The quantitative estimate of drug-likeness (QED) is 0.605. The summed E-state index contributed by atoms with van der Waals surface area (Å²) in [6, 6.07) is 14.8. The summed E-state index contributed by atoms with van der Waals surface area (Å²) < 4.78 is 2.36. The Balaban J connectivity index is 1.43. The van der Waals surface area contributed by atoms with Gasteiger partial charge in [-0.1, -0.05) is 12.1 Å². The number of piperidine rings is 1. The van der Waals surface area contributed by atoms with E-state index < -0.39 is 0 Å². The molecule has 0 saturated carbocycles. The normalized spacial score (nSPS) is 16.7. The van der Waals surface area contributed by atoms with Gasteiger partial charge >= 0.3 is 0 Å². The van der Waals surface area contributed by atoms with Crippen LogP contribution in [-0.4, -0.2) is 28.5 Å². The Morgan fingerprint density at radius 2 is 1.67 bits per heavy atom. The van der Waals surface area contributed by atoms with Gasteiger partial charge in [-0.05, 0) is 93.1 Å². The monoisotopic (exact) mass is 399 g/mol. The molecule has 2 aliphatic rings. The van der Waals surface area contributed by atoms with Gasteiger partial charge in [-0.3, -0.25) is 4.79 Å². The molecule has 1 saturated heterocycles. The van der Waals surface area contributed by atoms with Crippen molar-refractivity contribution in [1.82, 2.24) is 9.47 Å². The van der Waals surface area contributed by atoms with Crippen LogP contribution in [0.4, 0.5) is 5.69 Å². The Morgan fingerprint density at radius 3 is 2.40 bits per heavy atom. The van der Waals surface area contributed by atoms with Gasteiger partial charge in [0.05, 0.1) is 16.9 Å². The molecule has 0 aliphatic carbocycles. The second-order valence-corrected chi connectivity index (χ2v) is 8.97. The number of carbonyl (C=O) groups is 1. The number of nitrogens with zero attached hydrogens (tertiary/aromatic N) is 2. The van der Waals surface area contributed by atoms with Crippen molar-refractivity contribution in [2.24, 2.45) is 0 Å². The summed E-state index contributed by atoms with van der Waals surface area (Å²) in [6.07, 6.45) is 3.98. The molecule has 3 aromatic rings. The lowest BCUT2D eigenvalue weighted by atomic mass is 9.81. The molecule has 4 nitrogen and oxygen atoms in total. The number of rotatable bonds is 1. The number of hydrogen-bond acceptors (Lipinski definition) is 2. The van der Waals surface area contributed by atoms with Crippen LogP contribution in [0.2, 0.25) is 0 Å². The predicted octanol–water partition coefficient (Wildman–Crippen LogP) is 5.27. The first-order valence-corrected chi connectivity index (χ1v) is 10.8. The van der Waals surface area contributed by atoms with Crippen LogP contribution >= 0.6 is 0 Å². The van der Waals surface area contributed by atoms with E-state index in [-0.39, 0.29) is 11.4 Å². The zero-order chi connectivity index (χ0) is 21.0. The van der Waals surface area contributed by atoms with Crippen molar-refractivity contribution >= 4 is 11.6 Å². The third-order valence-corrected chi connectivity index (χ3v) is 7.21. The van der Waals surface area contributed by atoms with E-state index in [0.717, 1.165) is 31.5 Å². The molecule has 2 aromatic carbocycles. The molecule has 1 N–H and O–H groups in total. The summed E-state index contributed by atoms with van der Waals surface area (Å²) >= 11 is 0. The third-order valence-electron chi connectivity index (χ3n) is 7.21. The Kier molecular flexibility index (Phi) is 4.28. The minimum Gasteiger partial charge on any atom is -0.372 e. The lowest BCUT2D eigenvalue weighted by Gasteiger charge is -2.46. The van der Waals surface area contributed by atoms with E-state index in [2.05, 4.69) is 68.0 Å². The van der Waals surface area contributed by atoms with Crippen molar-refractivity contribution in [3.05, 3.63) is 82.2 Å². The largest absolute Gasteiger partial charge is 0.372 e. The van der Waals surface area contributed by atoms with Crippen LogP contribution in [0, 0.1) is 27.7 Å². The number of carbonyl (C=O) groups excluding carboxylic acids is 1.